The molecule has 3 N–H and O–H groups in total. The zero-order valence-corrected chi connectivity index (χ0v) is 20.5. The van der Waals surface area contributed by atoms with Gasteiger partial charge in [-0.25, -0.2) is 0 Å². The number of ether oxygens (including phenoxy) is 2. The van der Waals surface area contributed by atoms with Gasteiger partial charge in [-0.1, -0.05) is 11.3 Å². The van der Waals surface area contributed by atoms with Crippen molar-refractivity contribution in [3.63, 3.8) is 0 Å². The molecule has 34 heavy (non-hydrogen) atoms. The summed E-state index contributed by atoms with van der Waals surface area (Å²) < 4.78 is 12.5. The molecule has 0 atom stereocenters. The highest BCUT2D eigenvalue weighted by Crippen LogP contribution is 2.30. The number of carbonyl (C=O) groups is 2. The molecule has 0 bridgehead atoms. The summed E-state index contributed by atoms with van der Waals surface area (Å²) >= 11 is 6.59. The van der Waals surface area contributed by atoms with E-state index in [1.807, 2.05) is 13.8 Å². The minimum Gasteiger partial charge on any atom is -0.497 e. The number of amides is 2. The first-order valence-corrected chi connectivity index (χ1v) is 11.5. The van der Waals surface area contributed by atoms with Gasteiger partial charge in [-0.05, 0) is 56.4 Å². The number of aromatic nitrogens is 2. The van der Waals surface area contributed by atoms with E-state index in [2.05, 4.69) is 15.6 Å². The molecular weight excluding hydrogens is 476 g/mol. The molecule has 0 saturated carbocycles. The Labute approximate surface area is 203 Å². The van der Waals surface area contributed by atoms with Gasteiger partial charge in [0.15, 0.2) is 3.95 Å². The number of hydrogen-bond acceptors (Lipinski definition) is 7. The van der Waals surface area contributed by atoms with Crippen molar-refractivity contribution in [1.29, 1.82) is 0 Å². The molecular formula is C23H22N4O5S2. The fourth-order valence-corrected chi connectivity index (χ4v) is 4.79. The van der Waals surface area contributed by atoms with Crippen molar-refractivity contribution < 1.29 is 19.1 Å². The predicted octanol–water partition coefficient (Wildman–Crippen LogP) is 3.98. The average Bonchev–Trinajstić information content (AvgIpc) is 3.14. The van der Waals surface area contributed by atoms with Crippen LogP contribution in [0.3, 0.4) is 0 Å². The number of anilines is 1. The first kappa shape index (κ1) is 23.5. The van der Waals surface area contributed by atoms with E-state index in [4.69, 9.17) is 21.7 Å². The fourth-order valence-electron chi connectivity index (χ4n) is 3.51. The zero-order chi connectivity index (χ0) is 24.6. The molecule has 0 fully saturated rings. The third kappa shape index (κ3) is 4.27. The molecule has 176 valence electrons. The van der Waals surface area contributed by atoms with Crippen LogP contribution in [0, 0.1) is 3.95 Å². The maximum Gasteiger partial charge on any atom is 0.265 e. The highest BCUT2D eigenvalue weighted by atomic mass is 32.1. The van der Waals surface area contributed by atoms with Crippen LogP contribution in [0.1, 0.15) is 33.9 Å². The van der Waals surface area contributed by atoms with Crippen molar-refractivity contribution in [2.75, 3.05) is 19.5 Å². The Morgan fingerprint density at radius 3 is 2.53 bits per heavy atom. The van der Waals surface area contributed by atoms with Crippen molar-refractivity contribution >= 4 is 57.6 Å². The summed E-state index contributed by atoms with van der Waals surface area (Å²) in [5, 5.41) is 5.97. The van der Waals surface area contributed by atoms with E-state index < -0.39 is 5.91 Å². The maximum absolute atomic E-state index is 13.0. The Kier molecular flexibility index (Phi) is 6.40. The average molecular weight is 499 g/mol. The largest absolute Gasteiger partial charge is 0.497 e. The van der Waals surface area contributed by atoms with E-state index in [0.29, 0.717) is 48.1 Å². The van der Waals surface area contributed by atoms with Gasteiger partial charge in [-0.15, -0.1) is 0 Å². The van der Waals surface area contributed by atoms with E-state index in [1.165, 1.54) is 14.2 Å². The van der Waals surface area contributed by atoms with E-state index in [1.54, 1.807) is 40.8 Å². The van der Waals surface area contributed by atoms with Crippen molar-refractivity contribution in [2.24, 2.45) is 0 Å². The van der Waals surface area contributed by atoms with Crippen LogP contribution in [0.25, 0.3) is 16.6 Å². The van der Waals surface area contributed by atoms with Crippen LogP contribution in [-0.2, 0) is 0 Å². The molecule has 0 aliphatic rings. The predicted molar refractivity (Wildman–Crippen MR) is 134 cm³/mol. The highest BCUT2D eigenvalue weighted by Gasteiger charge is 2.20. The third-order valence-electron chi connectivity index (χ3n) is 5.07. The standard InChI is InChI=1S/C23H22N4O5S2/c1-11(2)24-22(30)18-19-26-21(29)14-7-5-12(9-16(14)27(19)23(33)34-18)20(28)25-15-8-6-13(31-3)10-17(15)32-4/h5-11H,1-4H3,(H,24,30)(H,25,28)(H,26,29). The van der Waals surface area contributed by atoms with Gasteiger partial charge in [0, 0.05) is 17.7 Å². The number of carbonyl (C=O) groups excluding carboxylic acids is 2. The number of fused-ring (bicyclic) bond motifs is 3. The Hall–Kier alpha value is -3.70. The number of nitrogens with zero attached hydrogens (tertiary/aromatic N) is 1. The van der Waals surface area contributed by atoms with Crippen molar-refractivity contribution in [3.8, 4) is 11.5 Å². The lowest BCUT2D eigenvalue weighted by molar-refractivity contribution is 0.0947. The molecule has 0 radical (unpaired) electrons. The number of aromatic amines is 1. The molecule has 4 aromatic rings. The minimum atomic E-state index is -0.404. The first-order chi connectivity index (χ1) is 16.2. The van der Waals surface area contributed by atoms with Gasteiger partial charge < -0.3 is 25.1 Å². The summed E-state index contributed by atoms with van der Waals surface area (Å²) in [5.74, 6) is 0.293. The summed E-state index contributed by atoms with van der Waals surface area (Å²) in [4.78, 5) is 41.5. The number of H-pyrrole nitrogens is 1. The Morgan fingerprint density at radius 1 is 1.09 bits per heavy atom. The zero-order valence-electron chi connectivity index (χ0n) is 18.8. The van der Waals surface area contributed by atoms with Gasteiger partial charge in [0.25, 0.3) is 17.4 Å². The van der Waals surface area contributed by atoms with Crippen LogP contribution in [0.2, 0.25) is 0 Å². The number of hydrogen-bond donors (Lipinski definition) is 3. The molecule has 2 amide bonds. The number of benzene rings is 2. The molecule has 2 aromatic carbocycles. The highest BCUT2D eigenvalue weighted by molar-refractivity contribution is 7.73. The molecule has 0 unspecified atom stereocenters. The summed E-state index contributed by atoms with van der Waals surface area (Å²) in [5.41, 5.74) is 1.10. The van der Waals surface area contributed by atoms with Crippen molar-refractivity contribution in [3.05, 3.63) is 61.1 Å². The second kappa shape index (κ2) is 9.27. The lowest BCUT2D eigenvalue weighted by atomic mass is 10.1. The molecule has 0 saturated heterocycles. The van der Waals surface area contributed by atoms with Crippen LogP contribution in [0.4, 0.5) is 5.69 Å². The van der Waals surface area contributed by atoms with Gasteiger partial charge >= 0.3 is 0 Å². The van der Waals surface area contributed by atoms with Gasteiger partial charge in [0.1, 0.15) is 22.0 Å². The van der Waals surface area contributed by atoms with E-state index in [0.717, 1.165) is 11.3 Å². The molecule has 4 rings (SSSR count). The number of nitrogens with one attached hydrogen (secondary N) is 3. The first-order valence-electron chi connectivity index (χ1n) is 10.3. The molecule has 0 aliphatic carbocycles. The lowest BCUT2D eigenvalue weighted by Crippen LogP contribution is -2.30. The fraction of sp³-hybridized carbons (Fsp3) is 0.217. The Bertz CT molecular complexity index is 1550. The van der Waals surface area contributed by atoms with E-state index in [-0.39, 0.29) is 17.5 Å². The second-order valence-corrected chi connectivity index (χ2v) is 9.36. The minimum absolute atomic E-state index is 0.0827. The third-order valence-corrected chi connectivity index (χ3v) is 6.44. The summed E-state index contributed by atoms with van der Waals surface area (Å²) in [6.45, 7) is 3.69. The number of thiazole rings is 1. The van der Waals surface area contributed by atoms with Crippen LogP contribution >= 0.6 is 23.6 Å². The van der Waals surface area contributed by atoms with Crippen LogP contribution in [0.15, 0.2) is 41.2 Å². The van der Waals surface area contributed by atoms with Gasteiger partial charge in [-0.2, -0.15) is 0 Å². The molecule has 0 aliphatic heterocycles. The van der Waals surface area contributed by atoms with Gasteiger partial charge in [-0.3, -0.25) is 18.8 Å². The summed E-state index contributed by atoms with van der Waals surface area (Å²) in [6, 6.07) is 9.64. The van der Waals surface area contributed by atoms with E-state index in [9.17, 15) is 14.4 Å². The van der Waals surface area contributed by atoms with Crippen molar-refractivity contribution in [1.82, 2.24) is 14.7 Å². The molecule has 0 spiro atoms. The molecule has 9 nitrogen and oxygen atoms in total. The monoisotopic (exact) mass is 498 g/mol. The van der Waals surface area contributed by atoms with Gasteiger partial charge in [0.05, 0.1) is 30.8 Å². The van der Waals surface area contributed by atoms with E-state index >= 15 is 0 Å². The van der Waals surface area contributed by atoms with Gasteiger partial charge in [0.2, 0.25) is 0 Å². The normalized spacial score (nSPS) is 11.1. The molecule has 2 aromatic heterocycles. The Balaban J connectivity index is 1.80. The molecule has 2 heterocycles. The smallest absolute Gasteiger partial charge is 0.265 e. The van der Waals surface area contributed by atoms with Crippen LogP contribution in [-0.4, -0.2) is 41.5 Å². The summed E-state index contributed by atoms with van der Waals surface area (Å²) in [6.07, 6.45) is 0. The summed E-state index contributed by atoms with van der Waals surface area (Å²) in [7, 11) is 3.03. The SMILES string of the molecule is COc1ccc(NC(=O)c2ccc3c(=O)[nH]c4c(C(=O)NC(C)C)sc(=S)n4c3c2)c(OC)c1. The topological polar surface area (TPSA) is 114 Å². The van der Waals surface area contributed by atoms with Crippen molar-refractivity contribution in [2.45, 2.75) is 19.9 Å². The molecule has 11 heteroatoms. The number of methoxy groups -OCH3 is 2. The van der Waals surface area contributed by atoms with Crippen LogP contribution < -0.4 is 25.7 Å². The van der Waals surface area contributed by atoms with Crippen LogP contribution in [0.5, 0.6) is 11.5 Å². The number of rotatable bonds is 6. The Morgan fingerprint density at radius 2 is 1.85 bits per heavy atom. The lowest BCUT2D eigenvalue weighted by Gasteiger charge is -2.12. The maximum atomic E-state index is 13.0. The quantitative estimate of drug-likeness (QED) is 0.347. The second-order valence-electron chi connectivity index (χ2n) is 7.72.